The smallest absolute Gasteiger partial charge is 0.308 e. The maximum absolute atomic E-state index is 12.5. The maximum atomic E-state index is 12.5. The van der Waals surface area contributed by atoms with Crippen LogP contribution in [0.2, 0.25) is 0 Å². The van der Waals surface area contributed by atoms with Crippen molar-refractivity contribution in [2.45, 2.75) is 31.3 Å². The Morgan fingerprint density at radius 1 is 1.11 bits per heavy atom. The molecule has 1 N–H and O–H groups in total. The quantitative estimate of drug-likeness (QED) is 0.841. The number of hydrogen-bond donors (Lipinski definition) is 1. The van der Waals surface area contributed by atoms with Crippen LogP contribution in [0.3, 0.4) is 0 Å². The standard InChI is InChI=1S/C15H17NO3/c17-14(10-4-2-1-3-5-10)13-7-6-12-11(15(18)19)8-9-16(12)13/h1-5,11-13H,6-9H2,(H,18,19)/t11-,12?,13?/m1/s1. The summed E-state index contributed by atoms with van der Waals surface area (Å²) in [4.78, 5) is 25.8. The van der Waals surface area contributed by atoms with Gasteiger partial charge < -0.3 is 5.11 Å². The van der Waals surface area contributed by atoms with E-state index >= 15 is 0 Å². The van der Waals surface area contributed by atoms with Crippen molar-refractivity contribution >= 4 is 11.8 Å². The molecule has 2 unspecified atom stereocenters. The first-order valence-electron chi connectivity index (χ1n) is 6.76. The van der Waals surface area contributed by atoms with Crippen molar-refractivity contribution in [1.82, 2.24) is 4.90 Å². The fourth-order valence-electron chi connectivity index (χ4n) is 3.49. The molecular formula is C15H17NO3. The predicted molar refractivity (Wildman–Crippen MR) is 70.0 cm³/mol. The summed E-state index contributed by atoms with van der Waals surface area (Å²) in [5.41, 5.74) is 0.729. The van der Waals surface area contributed by atoms with Crippen LogP contribution in [0.4, 0.5) is 0 Å². The highest BCUT2D eigenvalue weighted by atomic mass is 16.4. The van der Waals surface area contributed by atoms with E-state index in [1.807, 2.05) is 30.3 Å². The Kier molecular flexibility index (Phi) is 3.11. The highest BCUT2D eigenvalue weighted by molar-refractivity contribution is 6.00. The molecule has 4 heteroatoms. The molecule has 2 fully saturated rings. The Morgan fingerprint density at radius 3 is 2.53 bits per heavy atom. The zero-order chi connectivity index (χ0) is 13.4. The fraction of sp³-hybridized carbons (Fsp3) is 0.467. The average Bonchev–Trinajstić information content (AvgIpc) is 2.99. The number of Topliss-reactive ketones (excluding diaryl/α,β-unsaturated/α-hetero) is 1. The molecule has 4 nitrogen and oxygen atoms in total. The molecule has 0 amide bonds. The monoisotopic (exact) mass is 259 g/mol. The maximum Gasteiger partial charge on any atom is 0.308 e. The third-order valence-electron chi connectivity index (χ3n) is 4.40. The molecule has 2 aliphatic heterocycles. The molecule has 2 aliphatic rings. The summed E-state index contributed by atoms with van der Waals surface area (Å²) >= 11 is 0. The zero-order valence-corrected chi connectivity index (χ0v) is 10.7. The first kappa shape index (κ1) is 12.4. The summed E-state index contributed by atoms with van der Waals surface area (Å²) in [5, 5.41) is 9.19. The normalized spacial score (nSPS) is 30.2. The number of carboxylic acids is 1. The first-order valence-corrected chi connectivity index (χ1v) is 6.76. The van der Waals surface area contributed by atoms with Crippen LogP contribution in [-0.4, -0.2) is 40.4 Å². The van der Waals surface area contributed by atoms with Crippen LogP contribution < -0.4 is 0 Å². The third-order valence-corrected chi connectivity index (χ3v) is 4.40. The molecule has 3 atom stereocenters. The molecule has 2 saturated heterocycles. The Balaban J connectivity index is 1.78. The fourth-order valence-corrected chi connectivity index (χ4v) is 3.49. The van der Waals surface area contributed by atoms with Gasteiger partial charge in [0.05, 0.1) is 12.0 Å². The Hall–Kier alpha value is -1.68. The molecule has 3 rings (SSSR count). The molecule has 0 aliphatic carbocycles. The van der Waals surface area contributed by atoms with E-state index in [2.05, 4.69) is 4.90 Å². The van der Waals surface area contributed by atoms with Crippen LogP contribution in [0.5, 0.6) is 0 Å². The number of aliphatic carboxylic acids is 1. The van der Waals surface area contributed by atoms with Crippen LogP contribution in [0, 0.1) is 5.92 Å². The number of fused-ring (bicyclic) bond motifs is 1. The summed E-state index contributed by atoms with van der Waals surface area (Å²) in [6.07, 6.45) is 2.26. The Morgan fingerprint density at radius 2 is 1.84 bits per heavy atom. The molecule has 0 bridgehead atoms. The summed E-state index contributed by atoms with van der Waals surface area (Å²) in [6.45, 7) is 0.727. The van der Waals surface area contributed by atoms with Gasteiger partial charge in [0, 0.05) is 18.2 Å². The van der Waals surface area contributed by atoms with E-state index in [1.165, 1.54) is 0 Å². The van der Waals surface area contributed by atoms with Gasteiger partial charge in [-0.15, -0.1) is 0 Å². The minimum atomic E-state index is -0.722. The molecule has 0 saturated carbocycles. The van der Waals surface area contributed by atoms with E-state index in [-0.39, 0.29) is 23.8 Å². The van der Waals surface area contributed by atoms with Crippen LogP contribution in [0.25, 0.3) is 0 Å². The van der Waals surface area contributed by atoms with Crippen molar-refractivity contribution < 1.29 is 14.7 Å². The third kappa shape index (κ3) is 2.06. The molecule has 0 radical (unpaired) electrons. The number of carboxylic acid groups (broad SMARTS) is 1. The molecule has 1 aromatic carbocycles. The number of ketones is 1. The van der Waals surface area contributed by atoms with Crippen LogP contribution in [0.15, 0.2) is 30.3 Å². The van der Waals surface area contributed by atoms with Gasteiger partial charge in [-0.25, -0.2) is 0 Å². The van der Waals surface area contributed by atoms with E-state index < -0.39 is 5.97 Å². The van der Waals surface area contributed by atoms with E-state index in [1.54, 1.807) is 0 Å². The second-order valence-electron chi connectivity index (χ2n) is 5.36. The zero-order valence-electron chi connectivity index (χ0n) is 10.7. The summed E-state index contributed by atoms with van der Waals surface area (Å²) in [5.74, 6) is -0.886. The van der Waals surface area contributed by atoms with Crippen molar-refractivity contribution in [3.05, 3.63) is 35.9 Å². The van der Waals surface area contributed by atoms with Gasteiger partial charge in [0.1, 0.15) is 0 Å². The lowest BCUT2D eigenvalue weighted by atomic mass is 9.97. The molecule has 100 valence electrons. The summed E-state index contributed by atoms with van der Waals surface area (Å²) in [6, 6.07) is 9.21. The SMILES string of the molecule is O=C(c1ccccc1)C1CCC2[C@H](C(=O)O)CCN12. The second kappa shape index (κ2) is 4.78. The van der Waals surface area contributed by atoms with Gasteiger partial charge in [-0.1, -0.05) is 30.3 Å². The number of carbonyl (C=O) groups excluding carboxylic acids is 1. The highest BCUT2D eigenvalue weighted by Gasteiger charge is 2.47. The van der Waals surface area contributed by atoms with Crippen molar-refractivity contribution in [3.8, 4) is 0 Å². The second-order valence-corrected chi connectivity index (χ2v) is 5.36. The van der Waals surface area contributed by atoms with Crippen LogP contribution >= 0.6 is 0 Å². The van der Waals surface area contributed by atoms with Gasteiger partial charge in [0.2, 0.25) is 0 Å². The molecular weight excluding hydrogens is 242 g/mol. The lowest BCUT2D eigenvalue weighted by Gasteiger charge is -2.23. The lowest BCUT2D eigenvalue weighted by Crippen LogP contribution is -2.39. The Labute approximate surface area is 112 Å². The summed E-state index contributed by atoms with van der Waals surface area (Å²) < 4.78 is 0. The molecule has 1 aromatic rings. The van der Waals surface area contributed by atoms with Gasteiger partial charge in [0.15, 0.2) is 5.78 Å². The van der Waals surface area contributed by atoms with Gasteiger partial charge in [0.25, 0.3) is 0 Å². The minimum Gasteiger partial charge on any atom is -0.481 e. The van der Waals surface area contributed by atoms with Crippen molar-refractivity contribution in [3.63, 3.8) is 0 Å². The number of carbonyl (C=O) groups is 2. The molecule has 0 spiro atoms. The van der Waals surface area contributed by atoms with E-state index in [4.69, 9.17) is 0 Å². The van der Waals surface area contributed by atoms with Gasteiger partial charge in [-0.3, -0.25) is 14.5 Å². The van der Waals surface area contributed by atoms with Gasteiger partial charge >= 0.3 is 5.97 Å². The minimum absolute atomic E-state index is 0.0511. The van der Waals surface area contributed by atoms with Crippen LogP contribution in [-0.2, 0) is 4.79 Å². The lowest BCUT2D eigenvalue weighted by molar-refractivity contribution is -0.142. The van der Waals surface area contributed by atoms with Crippen molar-refractivity contribution in [1.29, 1.82) is 0 Å². The summed E-state index contributed by atoms with van der Waals surface area (Å²) in [7, 11) is 0. The number of benzene rings is 1. The van der Waals surface area contributed by atoms with E-state index in [9.17, 15) is 14.7 Å². The van der Waals surface area contributed by atoms with E-state index in [0.717, 1.165) is 24.9 Å². The van der Waals surface area contributed by atoms with Crippen LogP contribution in [0.1, 0.15) is 29.6 Å². The van der Waals surface area contributed by atoms with E-state index in [0.29, 0.717) is 6.42 Å². The average molecular weight is 259 g/mol. The predicted octanol–water partition coefficient (Wildman–Crippen LogP) is 1.81. The highest BCUT2D eigenvalue weighted by Crippen LogP contribution is 2.37. The Bertz CT molecular complexity index is 499. The first-order chi connectivity index (χ1) is 9.18. The molecule has 0 aromatic heterocycles. The number of nitrogens with zero attached hydrogens (tertiary/aromatic N) is 1. The van der Waals surface area contributed by atoms with Crippen molar-refractivity contribution in [2.24, 2.45) is 5.92 Å². The van der Waals surface area contributed by atoms with Gasteiger partial charge in [-0.2, -0.15) is 0 Å². The number of rotatable bonds is 3. The number of hydrogen-bond acceptors (Lipinski definition) is 3. The van der Waals surface area contributed by atoms with Gasteiger partial charge in [-0.05, 0) is 19.3 Å². The molecule has 19 heavy (non-hydrogen) atoms. The topological polar surface area (TPSA) is 57.6 Å². The largest absolute Gasteiger partial charge is 0.481 e. The molecule has 2 heterocycles. The van der Waals surface area contributed by atoms with Crippen molar-refractivity contribution in [2.75, 3.05) is 6.54 Å².